The fraction of sp³-hybridized carbons (Fsp3) is 0.400. The lowest BCUT2D eigenvalue weighted by Crippen LogP contribution is -2.26. The van der Waals surface area contributed by atoms with Crippen molar-refractivity contribution in [1.29, 1.82) is 0 Å². The Hall–Kier alpha value is -2.76. The minimum Gasteiger partial charge on any atom is -0.337 e. The molecule has 0 radical (unpaired) electrons. The van der Waals surface area contributed by atoms with E-state index in [9.17, 15) is 4.79 Å². The van der Waals surface area contributed by atoms with E-state index in [-0.39, 0.29) is 17.9 Å². The molecule has 0 N–H and O–H groups in total. The number of amides is 1. The summed E-state index contributed by atoms with van der Waals surface area (Å²) in [6.45, 7) is 8.79. The Morgan fingerprint density at radius 3 is 2.62 bits per heavy atom. The molecule has 3 aromatic rings. The number of hydrogen-bond donors (Lipinski definition) is 0. The summed E-state index contributed by atoms with van der Waals surface area (Å²) in [5, 5.41) is 5.25. The van der Waals surface area contributed by atoms with Crippen molar-refractivity contribution in [2.45, 2.75) is 46.2 Å². The smallest absolute Gasteiger partial charge is 0.254 e. The first-order valence-corrected chi connectivity index (χ1v) is 8.91. The molecule has 0 unspecified atom stereocenters. The van der Waals surface area contributed by atoms with Crippen LogP contribution in [0.4, 0.5) is 0 Å². The van der Waals surface area contributed by atoms with Crippen LogP contribution in [0.25, 0.3) is 11.0 Å². The molecule has 0 aliphatic carbocycles. The molecule has 0 saturated heterocycles. The van der Waals surface area contributed by atoms with Crippen molar-refractivity contribution in [2.75, 3.05) is 7.05 Å². The third-order valence-corrected chi connectivity index (χ3v) is 4.39. The normalized spacial score (nSPS) is 11.5. The molecule has 0 aliphatic rings. The highest BCUT2D eigenvalue weighted by molar-refractivity contribution is 6.05. The van der Waals surface area contributed by atoms with Crippen molar-refractivity contribution in [3.8, 4) is 0 Å². The monoisotopic (exact) mass is 351 g/mol. The van der Waals surface area contributed by atoms with Crippen LogP contribution in [0.3, 0.4) is 0 Å². The first-order valence-electron chi connectivity index (χ1n) is 8.91. The third-order valence-electron chi connectivity index (χ3n) is 4.39. The van der Waals surface area contributed by atoms with Crippen LogP contribution in [0.15, 0.2) is 36.8 Å². The number of aromatic nitrogens is 4. The number of rotatable bonds is 5. The zero-order chi connectivity index (χ0) is 18.8. The molecule has 0 aromatic carbocycles. The van der Waals surface area contributed by atoms with Gasteiger partial charge in [-0.3, -0.25) is 9.78 Å². The molecule has 0 saturated carbocycles. The highest BCUT2D eigenvalue weighted by atomic mass is 16.2. The van der Waals surface area contributed by atoms with Crippen molar-refractivity contribution in [1.82, 2.24) is 24.6 Å². The number of nitrogens with zero attached hydrogens (tertiary/aromatic N) is 5. The summed E-state index contributed by atoms with van der Waals surface area (Å²) in [5.74, 6) is 0.191. The van der Waals surface area contributed by atoms with Crippen LogP contribution < -0.4 is 0 Å². The van der Waals surface area contributed by atoms with Gasteiger partial charge in [0.1, 0.15) is 0 Å². The summed E-state index contributed by atoms with van der Waals surface area (Å²) in [7, 11) is 1.81. The third kappa shape index (κ3) is 3.45. The second-order valence-electron chi connectivity index (χ2n) is 7.19. The van der Waals surface area contributed by atoms with E-state index in [1.165, 1.54) is 0 Å². The molecule has 0 bridgehead atoms. The van der Waals surface area contributed by atoms with E-state index in [0.29, 0.717) is 12.1 Å². The van der Waals surface area contributed by atoms with E-state index >= 15 is 0 Å². The summed E-state index contributed by atoms with van der Waals surface area (Å²) in [4.78, 5) is 23.7. The second kappa shape index (κ2) is 7.23. The van der Waals surface area contributed by atoms with Crippen molar-refractivity contribution < 1.29 is 4.79 Å². The van der Waals surface area contributed by atoms with Gasteiger partial charge in [-0.2, -0.15) is 5.10 Å². The van der Waals surface area contributed by atoms with Crippen molar-refractivity contribution >= 4 is 16.9 Å². The Balaban J connectivity index is 2.03. The molecule has 26 heavy (non-hydrogen) atoms. The highest BCUT2D eigenvalue weighted by Gasteiger charge is 2.21. The van der Waals surface area contributed by atoms with Gasteiger partial charge in [-0.1, -0.05) is 19.9 Å². The lowest BCUT2D eigenvalue weighted by atomic mass is 10.0. The molecule has 3 aromatic heterocycles. The Morgan fingerprint density at radius 2 is 2.00 bits per heavy atom. The molecule has 0 spiro atoms. The number of pyridine rings is 2. The fourth-order valence-corrected chi connectivity index (χ4v) is 2.93. The van der Waals surface area contributed by atoms with E-state index < -0.39 is 0 Å². The molecular weight excluding hydrogens is 326 g/mol. The van der Waals surface area contributed by atoms with Crippen LogP contribution in [-0.4, -0.2) is 37.6 Å². The Kier molecular flexibility index (Phi) is 5.02. The van der Waals surface area contributed by atoms with Crippen LogP contribution in [0, 0.1) is 0 Å². The molecule has 3 heterocycles. The van der Waals surface area contributed by atoms with Gasteiger partial charge in [0.25, 0.3) is 5.91 Å². The van der Waals surface area contributed by atoms with E-state index in [4.69, 9.17) is 4.98 Å². The van der Waals surface area contributed by atoms with Crippen LogP contribution in [0.1, 0.15) is 61.3 Å². The topological polar surface area (TPSA) is 63.9 Å². The van der Waals surface area contributed by atoms with Crippen LogP contribution in [0.5, 0.6) is 0 Å². The van der Waals surface area contributed by atoms with E-state index in [0.717, 1.165) is 22.3 Å². The summed E-state index contributed by atoms with van der Waals surface area (Å²) in [6, 6.07) is 5.93. The highest BCUT2D eigenvalue weighted by Crippen LogP contribution is 2.25. The average molecular weight is 351 g/mol. The van der Waals surface area contributed by atoms with E-state index in [1.807, 2.05) is 29.9 Å². The van der Waals surface area contributed by atoms with E-state index in [2.05, 4.69) is 37.8 Å². The summed E-state index contributed by atoms with van der Waals surface area (Å²) in [5.41, 5.74) is 3.31. The van der Waals surface area contributed by atoms with Gasteiger partial charge < -0.3 is 4.90 Å². The maximum Gasteiger partial charge on any atom is 0.254 e. The van der Waals surface area contributed by atoms with Crippen LogP contribution in [-0.2, 0) is 6.54 Å². The van der Waals surface area contributed by atoms with Crippen molar-refractivity contribution in [3.63, 3.8) is 0 Å². The Bertz CT molecular complexity index is 915. The maximum atomic E-state index is 13.2. The van der Waals surface area contributed by atoms with Gasteiger partial charge in [0.2, 0.25) is 0 Å². The first-order chi connectivity index (χ1) is 12.4. The summed E-state index contributed by atoms with van der Waals surface area (Å²) in [6.07, 6.45) is 5.26. The van der Waals surface area contributed by atoms with Crippen molar-refractivity contribution in [2.24, 2.45) is 0 Å². The molecule has 1 amide bonds. The average Bonchev–Trinajstić information content (AvgIpc) is 3.05. The summed E-state index contributed by atoms with van der Waals surface area (Å²) >= 11 is 0. The van der Waals surface area contributed by atoms with Gasteiger partial charge in [0.05, 0.1) is 17.1 Å². The second-order valence-corrected chi connectivity index (χ2v) is 7.19. The minimum absolute atomic E-state index is 0.0357. The molecule has 0 aliphatic heterocycles. The van der Waals surface area contributed by atoms with Crippen LogP contribution >= 0.6 is 0 Å². The molecule has 136 valence electrons. The zero-order valence-corrected chi connectivity index (χ0v) is 16.0. The number of hydrogen-bond acceptors (Lipinski definition) is 4. The molecular formula is C20H25N5O. The summed E-state index contributed by atoms with van der Waals surface area (Å²) < 4.78 is 1.87. The van der Waals surface area contributed by atoms with Gasteiger partial charge in [0, 0.05) is 37.7 Å². The quantitative estimate of drug-likeness (QED) is 0.701. The maximum absolute atomic E-state index is 13.2. The minimum atomic E-state index is -0.0357. The molecule has 0 fully saturated rings. The number of fused-ring (bicyclic) bond motifs is 1. The van der Waals surface area contributed by atoms with Gasteiger partial charge in [-0.25, -0.2) is 9.67 Å². The molecule has 6 heteroatoms. The predicted octanol–water partition coefficient (Wildman–Crippen LogP) is 3.80. The largest absolute Gasteiger partial charge is 0.337 e. The SMILES string of the molecule is CC(C)c1cc(C(=O)N(C)Cc2cccnc2)c2cnn(C(C)C)c2n1. The Labute approximate surface area is 153 Å². The standard InChI is InChI=1S/C20H25N5O/c1-13(2)18-9-16(17-11-22-25(14(3)4)19(17)23-18)20(26)24(5)12-15-7-6-8-21-10-15/h6-11,13-14H,12H2,1-5H3. The van der Waals surface area contributed by atoms with Gasteiger partial charge in [-0.15, -0.1) is 0 Å². The van der Waals surface area contributed by atoms with E-state index in [1.54, 1.807) is 23.5 Å². The molecule has 3 rings (SSSR count). The predicted molar refractivity (Wildman–Crippen MR) is 102 cm³/mol. The van der Waals surface area contributed by atoms with Gasteiger partial charge >= 0.3 is 0 Å². The number of carbonyl (C=O) groups excluding carboxylic acids is 1. The van der Waals surface area contributed by atoms with Crippen LogP contribution in [0.2, 0.25) is 0 Å². The fourth-order valence-electron chi connectivity index (χ4n) is 2.93. The lowest BCUT2D eigenvalue weighted by molar-refractivity contribution is 0.0786. The van der Waals surface area contributed by atoms with Crippen molar-refractivity contribution in [3.05, 3.63) is 53.6 Å². The molecule has 6 nitrogen and oxygen atoms in total. The zero-order valence-electron chi connectivity index (χ0n) is 16.0. The van der Waals surface area contributed by atoms with Gasteiger partial charge in [-0.05, 0) is 37.5 Å². The Morgan fingerprint density at radius 1 is 1.23 bits per heavy atom. The molecule has 0 atom stereocenters. The lowest BCUT2D eigenvalue weighted by Gasteiger charge is -2.19. The number of carbonyl (C=O) groups is 1. The van der Waals surface area contributed by atoms with Gasteiger partial charge in [0.15, 0.2) is 5.65 Å². The first kappa shape index (κ1) is 18.0.